The van der Waals surface area contributed by atoms with Crippen molar-refractivity contribution in [2.45, 2.75) is 187 Å². The largest absolute Gasteiger partial charge is 0.387 e. The Balaban J connectivity index is 4.04. The molecule has 0 aromatic rings. The summed E-state index contributed by atoms with van der Waals surface area (Å²) in [7, 11) is -4.35. The van der Waals surface area contributed by atoms with Crippen LogP contribution in [0.3, 0.4) is 0 Å². The molecule has 0 heterocycles. The van der Waals surface area contributed by atoms with Crippen LogP contribution >= 0.6 is 0 Å². The summed E-state index contributed by atoms with van der Waals surface area (Å²) in [5.41, 5.74) is 0. The zero-order valence-electron chi connectivity index (χ0n) is 29.7. The van der Waals surface area contributed by atoms with E-state index < -0.39 is 28.0 Å². The van der Waals surface area contributed by atoms with Crippen LogP contribution in [0.15, 0.2) is 48.6 Å². The Hall–Kier alpha value is -1.70. The van der Waals surface area contributed by atoms with Gasteiger partial charge in [-0.15, -0.1) is 0 Å². The predicted octanol–water partition coefficient (Wildman–Crippen LogP) is 10.7. The molecule has 0 saturated heterocycles. The van der Waals surface area contributed by atoms with Crippen LogP contribution < -0.4 is 5.32 Å². The van der Waals surface area contributed by atoms with Crippen molar-refractivity contribution in [1.29, 1.82) is 0 Å². The first-order valence-corrected chi connectivity index (χ1v) is 20.4. The van der Waals surface area contributed by atoms with Crippen molar-refractivity contribution in [2.24, 2.45) is 0 Å². The second-order valence-electron chi connectivity index (χ2n) is 12.8. The first kappa shape index (κ1) is 44.3. The first-order chi connectivity index (χ1) is 22.3. The number of hydrogen-bond acceptors (Lipinski definition) is 4. The minimum absolute atomic E-state index is 0.278. The molecule has 6 nitrogen and oxygen atoms in total. The Bertz CT molecular complexity index is 909. The molecular formula is C39H71NO5S. The lowest BCUT2D eigenvalue weighted by molar-refractivity contribution is -0.122. The molecule has 0 bridgehead atoms. The number of rotatable bonds is 33. The van der Waals surface area contributed by atoms with Crippen molar-refractivity contribution < 1.29 is 22.9 Å². The molecule has 0 aliphatic heterocycles. The van der Waals surface area contributed by atoms with Gasteiger partial charge in [-0.25, -0.2) is 0 Å². The quantitative estimate of drug-likeness (QED) is 0.0368. The molecule has 0 radical (unpaired) electrons. The first-order valence-electron chi connectivity index (χ1n) is 18.8. The zero-order valence-corrected chi connectivity index (χ0v) is 30.5. The van der Waals surface area contributed by atoms with Crippen LogP contribution in [0.5, 0.6) is 0 Å². The molecule has 2 unspecified atom stereocenters. The summed E-state index contributed by atoms with van der Waals surface area (Å²) in [6.45, 7) is 4.48. The van der Waals surface area contributed by atoms with Gasteiger partial charge in [0.15, 0.2) is 0 Å². The highest BCUT2D eigenvalue weighted by Crippen LogP contribution is 2.12. The van der Waals surface area contributed by atoms with Gasteiger partial charge in [0, 0.05) is 6.42 Å². The van der Waals surface area contributed by atoms with Crippen molar-refractivity contribution in [3.05, 3.63) is 48.6 Å². The monoisotopic (exact) mass is 666 g/mol. The van der Waals surface area contributed by atoms with Crippen LogP contribution in [0.25, 0.3) is 0 Å². The number of amides is 1. The molecule has 0 aliphatic rings. The average Bonchev–Trinajstić information content (AvgIpc) is 3.01. The smallest absolute Gasteiger partial charge is 0.267 e. The highest BCUT2D eigenvalue weighted by Gasteiger charge is 2.24. The Labute approximate surface area is 284 Å². The molecule has 0 aromatic carbocycles. The minimum Gasteiger partial charge on any atom is -0.387 e. The molecule has 268 valence electrons. The summed E-state index contributed by atoms with van der Waals surface area (Å²) in [6.07, 6.45) is 43.8. The third-order valence-electron chi connectivity index (χ3n) is 8.21. The standard InChI is InChI=1S/C39H71NO5S/c1-3-5-7-9-11-13-15-17-19-20-21-23-25-27-29-31-33-35-39(42)40-37(36-46(43,44)45)38(41)34-32-30-28-26-24-22-18-16-14-12-10-8-6-4-2/h14,16-17,19,24,26,32,34,37-38,41H,3-13,15,18,20-23,25,27-31,33,35-36H2,1-2H3,(H,40,42)(H,43,44,45)/b16-14+,19-17-,26-24+,34-32+. The van der Waals surface area contributed by atoms with Gasteiger partial charge < -0.3 is 10.4 Å². The Kier molecular flexibility index (Phi) is 32.0. The van der Waals surface area contributed by atoms with Crippen molar-refractivity contribution >= 4 is 16.0 Å². The number of nitrogens with one attached hydrogen (secondary N) is 1. The number of carbonyl (C=O) groups is 1. The molecule has 2 atom stereocenters. The number of carbonyl (C=O) groups excluding carboxylic acids is 1. The van der Waals surface area contributed by atoms with Crippen molar-refractivity contribution in [1.82, 2.24) is 5.32 Å². The fraction of sp³-hybridized carbons (Fsp3) is 0.769. The van der Waals surface area contributed by atoms with E-state index in [1.54, 1.807) is 6.08 Å². The van der Waals surface area contributed by atoms with Crippen LogP contribution in [0.1, 0.15) is 174 Å². The van der Waals surface area contributed by atoms with E-state index in [1.807, 2.05) is 0 Å². The number of allylic oxidation sites excluding steroid dienone is 7. The fourth-order valence-electron chi connectivity index (χ4n) is 5.36. The second-order valence-corrected chi connectivity index (χ2v) is 14.3. The fourth-order valence-corrected chi connectivity index (χ4v) is 6.09. The summed E-state index contributed by atoms with van der Waals surface area (Å²) in [6, 6.07) is -1.08. The van der Waals surface area contributed by atoms with Gasteiger partial charge in [-0.3, -0.25) is 9.35 Å². The maximum atomic E-state index is 12.5. The van der Waals surface area contributed by atoms with Gasteiger partial charge in [0.05, 0.1) is 17.9 Å². The minimum atomic E-state index is -4.35. The number of hydrogen-bond donors (Lipinski definition) is 3. The van der Waals surface area contributed by atoms with Gasteiger partial charge in [-0.1, -0.05) is 146 Å². The normalized spacial score (nSPS) is 13.9. The van der Waals surface area contributed by atoms with E-state index in [0.29, 0.717) is 6.42 Å². The molecule has 0 aromatic heterocycles. The number of aliphatic hydroxyl groups is 1. The van der Waals surface area contributed by atoms with E-state index in [0.717, 1.165) is 57.8 Å². The summed E-state index contributed by atoms with van der Waals surface area (Å²) in [5.74, 6) is -1.02. The highest BCUT2D eigenvalue weighted by molar-refractivity contribution is 7.85. The molecule has 1 amide bonds. The molecule has 0 spiro atoms. The Morgan fingerprint density at radius 3 is 1.39 bits per heavy atom. The summed E-state index contributed by atoms with van der Waals surface area (Å²) < 4.78 is 32.4. The van der Waals surface area contributed by atoms with Gasteiger partial charge >= 0.3 is 0 Å². The third kappa shape index (κ3) is 33.7. The van der Waals surface area contributed by atoms with Gasteiger partial charge in [0.25, 0.3) is 10.1 Å². The van der Waals surface area contributed by atoms with E-state index >= 15 is 0 Å². The van der Waals surface area contributed by atoms with Gasteiger partial charge in [0.2, 0.25) is 5.91 Å². The lowest BCUT2D eigenvalue weighted by Crippen LogP contribution is -2.46. The van der Waals surface area contributed by atoms with E-state index in [4.69, 9.17) is 0 Å². The highest BCUT2D eigenvalue weighted by atomic mass is 32.2. The van der Waals surface area contributed by atoms with Crippen LogP contribution in [0.4, 0.5) is 0 Å². The Morgan fingerprint density at radius 1 is 0.565 bits per heavy atom. The number of unbranched alkanes of at least 4 members (excludes halogenated alkanes) is 19. The Morgan fingerprint density at radius 2 is 0.935 bits per heavy atom. The molecule has 0 fully saturated rings. The lowest BCUT2D eigenvalue weighted by atomic mass is 10.1. The topological polar surface area (TPSA) is 104 Å². The molecule has 46 heavy (non-hydrogen) atoms. The molecule has 3 N–H and O–H groups in total. The summed E-state index contributed by atoms with van der Waals surface area (Å²) in [5, 5.41) is 13.1. The van der Waals surface area contributed by atoms with E-state index in [-0.39, 0.29) is 12.3 Å². The summed E-state index contributed by atoms with van der Waals surface area (Å²) in [4.78, 5) is 12.5. The van der Waals surface area contributed by atoms with Crippen LogP contribution in [0.2, 0.25) is 0 Å². The van der Waals surface area contributed by atoms with Crippen LogP contribution in [-0.4, -0.2) is 41.9 Å². The summed E-state index contributed by atoms with van der Waals surface area (Å²) >= 11 is 0. The van der Waals surface area contributed by atoms with Crippen LogP contribution in [0, 0.1) is 0 Å². The molecule has 7 heteroatoms. The second kappa shape index (κ2) is 33.2. The maximum Gasteiger partial charge on any atom is 0.267 e. The van der Waals surface area contributed by atoms with Gasteiger partial charge in [0.1, 0.15) is 0 Å². The van der Waals surface area contributed by atoms with Crippen molar-refractivity contribution in [3.63, 3.8) is 0 Å². The average molecular weight is 666 g/mol. The van der Waals surface area contributed by atoms with Gasteiger partial charge in [-0.05, 0) is 70.6 Å². The number of aliphatic hydroxyl groups excluding tert-OH is 1. The van der Waals surface area contributed by atoms with E-state index in [2.05, 4.69) is 55.6 Å². The predicted molar refractivity (Wildman–Crippen MR) is 198 cm³/mol. The maximum absolute atomic E-state index is 12.5. The SMILES string of the molecule is CCCCCC/C=C/CC/C=C/CC/C=C/C(O)C(CS(=O)(=O)O)NC(=O)CCCCCCCCC/C=C\CCCCCCCC. The van der Waals surface area contributed by atoms with E-state index in [9.17, 15) is 22.9 Å². The van der Waals surface area contributed by atoms with Gasteiger partial charge in [-0.2, -0.15) is 8.42 Å². The van der Waals surface area contributed by atoms with Crippen molar-refractivity contribution in [3.8, 4) is 0 Å². The van der Waals surface area contributed by atoms with Crippen LogP contribution in [-0.2, 0) is 14.9 Å². The van der Waals surface area contributed by atoms with E-state index in [1.165, 1.54) is 96.0 Å². The molecule has 0 aliphatic carbocycles. The third-order valence-corrected chi connectivity index (χ3v) is 8.99. The van der Waals surface area contributed by atoms with Crippen molar-refractivity contribution in [2.75, 3.05) is 5.75 Å². The molecule has 0 saturated carbocycles. The molecular weight excluding hydrogens is 594 g/mol. The lowest BCUT2D eigenvalue weighted by Gasteiger charge is -2.21. The zero-order chi connectivity index (χ0) is 34.0. The molecule has 0 rings (SSSR count).